The van der Waals surface area contributed by atoms with E-state index in [-0.39, 0.29) is 24.8 Å². The highest BCUT2D eigenvalue weighted by Crippen LogP contribution is 2.27. The fourth-order valence-electron chi connectivity index (χ4n) is 4.73. The number of amides is 2. The van der Waals surface area contributed by atoms with Crippen molar-refractivity contribution in [3.8, 4) is 23.0 Å². The van der Waals surface area contributed by atoms with Crippen LogP contribution in [0.15, 0.2) is 66.7 Å². The average Bonchev–Trinajstić information content (AvgIpc) is 3.02. The molecular weight excluding hydrogens is 564 g/mol. The van der Waals surface area contributed by atoms with Crippen molar-refractivity contribution in [2.45, 2.75) is 57.6 Å². The van der Waals surface area contributed by atoms with Crippen molar-refractivity contribution < 1.29 is 34.0 Å². The number of carbonyl (C=O) groups is 2. The molecule has 0 aliphatic carbocycles. The second kappa shape index (κ2) is 16.5. The molecule has 238 valence electrons. The third-order valence-corrected chi connectivity index (χ3v) is 7.34. The lowest BCUT2D eigenvalue weighted by Gasteiger charge is -2.30. The minimum absolute atomic E-state index is 0.0234. The Labute approximate surface area is 258 Å². The lowest BCUT2D eigenvalue weighted by Crippen LogP contribution is -2.60. The van der Waals surface area contributed by atoms with Gasteiger partial charge >= 0.3 is 0 Å². The van der Waals surface area contributed by atoms with Gasteiger partial charge in [-0.25, -0.2) is 0 Å². The number of aliphatic hydroxyl groups excluding tert-OH is 1. The summed E-state index contributed by atoms with van der Waals surface area (Å²) in [5, 5.41) is 30.3. The van der Waals surface area contributed by atoms with Crippen LogP contribution < -0.4 is 35.9 Å². The van der Waals surface area contributed by atoms with Crippen LogP contribution in [0.1, 0.15) is 30.5 Å². The van der Waals surface area contributed by atoms with Gasteiger partial charge in [0.15, 0.2) is 11.5 Å². The molecule has 0 radical (unpaired) electrons. The van der Waals surface area contributed by atoms with E-state index >= 15 is 0 Å². The zero-order valence-electron chi connectivity index (χ0n) is 25.9. The van der Waals surface area contributed by atoms with E-state index in [9.17, 15) is 19.8 Å². The Morgan fingerprint density at radius 3 is 2.14 bits per heavy atom. The number of benzene rings is 3. The summed E-state index contributed by atoms with van der Waals surface area (Å²) >= 11 is 0. The molecule has 0 heterocycles. The summed E-state index contributed by atoms with van der Waals surface area (Å²) < 4.78 is 15.8. The fourth-order valence-corrected chi connectivity index (χ4v) is 4.73. The lowest BCUT2D eigenvalue weighted by atomic mass is 9.95. The second-order valence-corrected chi connectivity index (χ2v) is 10.8. The van der Waals surface area contributed by atoms with Gasteiger partial charge in [-0.1, -0.05) is 50.2 Å². The Balaban J connectivity index is 1.77. The molecule has 3 rings (SSSR count). The first-order chi connectivity index (χ1) is 21.1. The van der Waals surface area contributed by atoms with E-state index in [1.165, 1.54) is 20.3 Å². The number of hydrogen-bond acceptors (Lipinski definition) is 9. The van der Waals surface area contributed by atoms with Crippen LogP contribution in [0.5, 0.6) is 23.0 Å². The normalized spacial score (nSPS) is 13.8. The number of ether oxygens (including phenoxy) is 3. The third kappa shape index (κ3) is 9.34. The van der Waals surface area contributed by atoms with E-state index in [2.05, 4.69) is 16.0 Å². The maximum absolute atomic E-state index is 13.7. The number of aromatic hydroxyl groups is 1. The van der Waals surface area contributed by atoms with E-state index in [4.69, 9.17) is 19.9 Å². The Kier molecular flexibility index (Phi) is 12.8. The van der Waals surface area contributed by atoms with Gasteiger partial charge in [0, 0.05) is 30.8 Å². The van der Waals surface area contributed by atoms with Crippen LogP contribution in [0.3, 0.4) is 0 Å². The summed E-state index contributed by atoms with van der Waals surface area (Å²) in [5.41, 5.74) is 8.61. The van der Waals surface area contributed by atoms with Gasteiger partial charge in [0.25, 0.3) is 0 Å². The van der Waals surface area contributed by atoms with Gasteiger partial charge in [0.2, 0.25) is 11.8 Å². The first kappa shape index (κ1) is 34.2. The standard InChI is InChI=1S/C33H44N4O7/c1-20(2)29(32(40)36-19-23-12-13-24(42-3)17-26(23)38)37-33(41)30(31(39)25(34)15-21-9-7-6-8-10-21)35-18-22-11-14-27(43-4)28(16-22)44-5/h6-14,16-17,20,25,29-31,35,38-39H,15,18-19,34H2,1-5H3,(H,36,40)(H,37,41)/t25-,29-,30+,31+/m0/s1. The summed E-state index contributed by atoms with van der Waals surface area (Å²) in [5.74, 6) is 0.237. The minimum Gasteiger partial charge on any atom is -0.507 e. The monoisotopic (exact) mass is 608 g/mol. The molecule has 0 fully saturated rings. The Morgan fingerprint density at radius 1 is 0.818 bits per heavy atom. The molecule has 2 amide bonds. The highest BCUT2D eigenvalue weighted by molar-refractivity contribution is 5.90. The number of hydrogen-bond donors (Lipinski definition) is 6. The zero-order valence-corrected chi connectivity index (χ0v) is 25.9. The molecule has 0 spiro atoms. The van der Waals surface area contributed by atoms with Gasteiger partial charge in [-0.05, 0) is 47.7 Å². The van der Waals surface area contributed by atoms with Crippen LogP contribution in [0.4, 0.5) is 0 Å². The van der Waals surface area contributed by atoms with Crippen molar-refractivity contribution in [2.24, 2.45) is 11.7 Å². The topological polar surface area (TPSA) is 164 Å². The van der Waals surface area contributed by atoms with Crippen molar-refractivity contribution in [3.05, 3.63) is 83.4 Å². The SMILES string of the molecule is COc1ccc(CNC(=O)[C@@H](NC(=O)[C@H](NCc2ccc(OC)c(OC)c2)[C@H](O)[C@@H](N)Cc2ccccc2)C(C)C)c(O)c1. The molecular formula is C33H44N4O7. The van der Waals surface area contributed by atoms with Crippen LogP contribution in [0.2, 0.25) is 0 Å². The highest BCUT2D eigenvalue weighted by Gasteiger charge is 2.34. The molecule has 0 aliphatic heterocycles. The number of aliphatic hydroxyl groups is 1. The second-order valence-electron chi connectivity index (χ2n) is 10.8. The lowest BCUT2D eigenvalue weighted by molar-refractivity contribution is -0.133. The van der Waals surface area contributed by atoms with Gasteiger partial charge in [0.05, 0.1) is 27.4 Å². The van der Waals surface area contributed by atoms with E-state index in [1.54, 1.807) is 45.2 Å². The predicted molar refractivity (Wildman–Crippen MR) is 168 cm³/mol. The summed E-state index contributed by atoms with van der Waals surface area (Å²) in [6, 6.07) is 16.7. The molecule has 0 bridgehead atoms. The number of methoxy groups -OCH3 is 3. The smallest absolute Gasteiger partial charge is 0.243 e. The van der Waals surface area contributed by atoms with Gasteiger partial charge in [-0.15, -0.1) is 0 Å². The van der Waals surface area contributed by atoms with E-state index < -0.39 is 36.0 Å². The number of phenolic OH excluding ortho intramolecular Hbond substituents is 1. The molecule has 0 saturated carbocycles. The molecule has 0 unspecified atom stereocenters. The summed E-state index contributed by atoms with van der Waals surface area (Å²) in [7, 11) is 4.57. The number of nitrogens with two attached hydrogens (primary N) is 1. The van der Waals surface area contributed by atoms with Crippen molar-refractivity contribution in [1.82, 2.24) is 16.0 Å². The van der Waals surface area contributed by atoms with Crippen molar-refractivity contribution in [2.75, 3.05) is 21.3 Å². The summed E-state index contributed by atoms with van der Waals surface area (Å²) in [6.45, 7) is 3.85. The number of phenols is 1. The molecule has 4 atom stereocenters. The number of carbonyl (C=O) groups excluding carboxylic acids is 2. The first-order valence-electron chi connectivity index (χ1n) is 14.4. The van der Waals surface area contributed by atoms with E-state index in [0.29, 0.717) is 29.2 Å². The molecule has 44 heavy (non-hydrogen) atoms. The third-order valence-electron chi connectivity index (χ3n) is 7.34. The Morgan fingerprint density at radius 2 is 1.52 bits per heavy atom. The predicted octanol–water partition coefficient (Wildman–Crippen LogP) is 2.26. The van der Waals surface area contributed by atoms with Crippen LogP contribution >= 0.6 is 0 Å². The molecule has 11 heteroatoms. The molecule has 0 aliphatic rings. The van der Waals surface area contributed by atoms with Crippen LogP contribution in [0.25, 0.3) is 0 Å². The maximum Gasteiger partial charge on any atom is 0.243 e. The van der Waals surface area contributed by atoms with Crippen molar-refractivity contribution in [3.63, 3.8) is 0 Å². The quantitative estimate of drug-likeness (QED) is 0.143. The Hall–Kier alpha value is -4.32. The number of rotatable bonds is 16. The van der Waals surface area contributed by atoms with Crippen molar-refractivity contribution in [1.29, 1.82) is 0 Å². The summed E-state index contributed by atoms with van der Waals surface area (Å²) in [6.07, 6.45) is -0.953. The van der Waals surface area contributed by atoms with Gasteiger partial charge in [-0.3, -0.25) is 14.9 Å². The molecule has 0 aromatic heterocycles. The van der Waals surface area contributed by atoms with Gasteiger partial charge in [-0.2, -0.15) is 0 Å². The van der Waals surface area contributed by atoms with Gasteiger partial charge in [0.1, 0.15) is 23.6 Å². The van der Waals surface area contributed by atoms with Crippen LogP contribution in [-0.4, -0.2) is 67.6 Å². The maximum atomic E-state index is 13.7. The minimum atomic E-state index is -1.29. The molecule has 11 nitrogen and oxygen atoms in total. The van der Waals surface area contributed by atoms with Crippen LogP contribution in [0, 0.1) is 5.92 Å². The molecule has 3 aromatic carbocycles. The van der Waals surface area contributed by atoms with Crippen LogP contribution in [-0.2, 0) is 29.1 Å². The number of nitrogens with one attached hydrogen (secondary N) is 3. The van der Waals surface area contributed by atoms with E-state index in [0.717, 1.165) is 11.1 Å². The van der Waals surface area contributed by atoms with E-state index in [1.807, 2.05) is 36.4 Å². The first-order valence-corrected chi connectivity index (χ1v) is 14.4. The highest BCUT2D eigenvalue weighted by atomic mass is 16.5. The largest absolute Gasteiger partial charge is 0.507 e. The average molecular weight is 609 g/mol. The fraction of sp³-hybridized carbons (Fsp3) is 0.394. The molecule has 3 aromatic rings. The molecule has 0 saturated heterocycles. The Bertz CT molecular complexity index is 1370. The van der Waals surface area contributed by atoms with Crippen molar-refractivity contribution >= 4 is 11.8 Å². The molecule has 7 N–H and O–H groups in total. The zero-order chi connectivity index (χ0) is 32.2. The van der Waals surface area contributed by atoms with Gasteiger partial charge < -0.3 is 40.8 Å². The summed E-state index contributed by atoms with van der Waals surface area (Å²) in [4.78, 5) is 27.0.